The van der Waals surface area contributed by atoms with Gasteiger partial charge in [0.05, 0.1) is 12.7 Å². The molecule has 2 N–H and O–H groups in total. The normalized spacial score (nSPS) is 12.2. The summed E-state index contributed by atoms with van der Waals surface area (Å²) < 4.78 is 5.73. The molecule has 20 heavy (non-hydrogen) atoms. The van der Waals surface area contributed by atoms with Crippen LogP contribution in [0.5, 0.6) is 5.75 Å². The molecule has 0 radical (unpaired) electrons. The van der Waals surface area contributed by atoms with Gasteiger partial charge in [0.1, 0.15) is 5.75 Å². The van der Waals surface area contributed by atoms with Crippen LogP contribution in [0.3, 0.4) is 0 Å². The summed E-state index contributed by atoms with van der Waals surface area (Å²) in [4.78, 5) is 0. The van der Waals surface area contributed by atoms with Gasteiger partial charge in [-0.05, 0) is 31.2 Å². The quantitative estimate of drug-likeness (QED) is 0.848. The number of ether oxygens (including phenoxy) is 1. The number of nitrogens with one attached hydrogen (secondary N) is 1. The predicted octanol–water partition coefficient (Wildman–Crippen LogP) is 3.01. The lowest BCUT2D eigenvalue weighted by atomic mass is 10.0. The minimum absolute atomic E-state index is 0.524. The van der Waals surface area contributed by atoms with Crippen LogP contribution >= 0.6 is 0 Å². The fraction of sp³-hybridized carbons (Fsp3) is 0.294. The molecule has 0 heterocycles. The monoisotopic (exact) mass is 271 g/mol. The number of hydrogen-bond acceptors (Lipinski definition) is 3. The molecule has 2 rings (SSSR count). The van der Waals surface area contributed by atoms with Crippen LogP contribution in [0.25, 0.3) is 11.1 Å². The first-order chi connectivity index (χ1) is 9.76. The second kappa shape index (κ2) is 7.08. The molecular weight excluding hydrogens is 250 g/mol. The van der Waals surface area contributed by atoms with Crippen molar-refractivity contribution in [3.8, 4) is 16.9 Å². The highest BCUT2D eigenvalue weighted by Gasteiger charge is 2.12. The van der Waals surface area contributed by atoms with Crippen molar-refractivity contribution >= 4 is 0 Å². The van der Waals surface area contributed by atoms with E-state index in [0.29, 0.717) is 13.2 Å². The highest BCUT2D eigenvalue weighted by atomic mass is 16.5. The molecule has 0 aliphatic carbocycles. The van der Waals surface area contributed by atoms with Crippen molar-refractivity contribution in [2.24, 2.45) is 0 Å². The largest absolute Gasteiger partial charge is 0.493 e. The lowest BCUT2D eigenvalue weighted by Gasteiger charge is -2.15. The average Bonchev–Trinajstić information content (AvgIpc) is 2.49. The van der Waals surface area contributed by atoms with Gasteiger partial charge in [-0.2, -0.15) is 0 Å². The maximum absolute atomic E-state index is 10.1. The van der Waals surface area contributed by atoms with Crippen LogP contribution < -0.4 is 10.1 Å². The number of rotatable bonds is 6. The Morgan fingerprint density at radius 3 is 2.55 bits per heavy atom. The third kappa shape index (κ3) is 3.38. The zero-order valence-electron chi connectivity index (χ0n) is 12.0. The van der Waals surface area contributed by atoms with Crippen LogP contribution in [0.2, 0.25) is 0 Å². The molecule has 2 aromatic carbocycles. The average molecular weight is 271 g/mol. The van der Waals surface area contributed by atoms with E-state index in [4.69, 9.17) is 4.74 Å². The number of likely N-dealkylation sites (N-methyl/N-ethyl adjacent to an activating group) is 1. The lowest BCUT2D eigenvalue weighted by Crippen LogP contribution is -2.16. The van der Waals surface area contributed by atoms with Gasteiger partial charge in [-0.3, -0.25) is 0 Å². The van der Waals surface area contributed by atoms with Gasteiger partial charge in [0.15, 0.2) is 0 Å². The van der Waals surface area contributed by atoms with E-state index in [9.17, 15) is 5.11 Å². The number of aliphatic hydroxyl groups is 1. The van der Waals surface area contributed by atoms with Crippen molar-refractivity contribution in [2.45, 2.75) is 13.0 Å². The molecule has 0 aromatic heterocycles. The Hall–Kier alpha value is -1.84. The third-order valence-corrected chi connectivity index (χ3v) is 3.17. The van der Waals surface area contributed by atoms with Crippen molar-refractivity contribution in [1.82, 2.24) is 5.32 Å². The van der Waals surface area contributed by atoms with E-state index in [1.165, 1.54) is 0 Å². The molecule has 0 spiro atoms. The molecular formula is C17H21NO2. The summed E-state index contributed by atoms with van der Waals surface area (Å²) in [5, 5.41) is 13.0. The molecule has 0 amide bonds. The van der Waals surface area contributed by atoms with Crippen LogP contribution in [-0.2, 0) is 0 Å². The summed E-state index contributed by atoms with van der Waals surface area (Å²) >= 11 is 0. The molecule has 0 saturated carbocycles. The fourth-order valence-corrected chi connectivity index (χ4v) is 2.19. The molecule has 0 aliphatic heterocycles. The maximum atomic E-state index is 10.1. The second-order valence-corrected chi connectivity index (χ2v) is 4.63. The Morgan fingerprint density at radius 1 is 1.15 bits per heavy atom. The van der Waals surface area contributed by atoms with E-state index >= 15 is 0 Å². The third-order valence-electron chi connectivity index (χ3n) is 3.17. The standard InChI is InChI=1S/C17H21NO2/c1-3-20-17-11-14(16(19)12-18-2)9-10-15(17)13-7-5-4-6-8-13/h4-11,16,18-19H,3,12H2,1-2H3. The van der Waals surface area contributed by atoms with Crippen LogP contribution in [0.15, 0.2) is 48.5 Å². The van der Waals surface area contributed by atoms with Gasteiger partial charge in [-0.15, -0.1) is 0 Å². The minimum atomic E-state index is -0.524. The van der Waals surface area contributed by atoms with Gasteiger partial charge >= 0.3 is 0 Å². The first-order valence-electron chi connectivity index (χ1n) is 6.91. The lowest BCUT2D eigenvalue weighted by molar-refractivity contribution is 0.177. The maximum Gasteiger partial charge on any atom is 0.127 e. The zero-order valence-corrected chi connectivity index (χ0v) is 12.0. The van der Waals surface area contributed by atoms with E-state index in [1.54, 1.807) is 0 Å². The first-order valence-corrected chi connectivity index (χ1v) is 6.91. The summed E-state index contributed by atoms with van der Waals surface area (Å²) in [5.74, 6) is 0.811. The van der Waals surface area contributed by atoms with Crippen molar-refractivity contribution in [1.29, 1.82) is 0 Å². The van der Waals surface area contributed by atoms with E-state index in [0.717, 1.165) is 22.4 Å². The fourth-order valence-electron chi connectivity index (χ4n) is 2.19. The number of hydrogen-bond donors (Lipinski definition) is 2. The zero-order chi connectivity index (χ0) is 14.4. The topological polar surface area (TPSA) is 41.5 Å². The SMILES string of the molecule is CCOc1cc(C(O)CNC)ccc1-c1ccccc1. The Bertz CT molecular complexity index is 540. The molecule has 0 bridgehead atoms. The highest BCUT2D eigenvalue weighted by molar-refractivity contribution is 5.71. The van der Waals surface area contributed by atoms with Crippen LogP contribution in [0.1, 0.15) is 18.6 Å². The van der Waals surface area contributed by atoms with Gasteiger partial charge in [0.2, 0.25) is 0 Å². The number of benzene rings is 2. The molecule has 2 aromatic rings. The number of aliphatic hydroxyl groups excluding tert-OH is 1. The molecule has 0 saturated heterocycles. The van der Waals surface area contributed by atoms with E-state index in [1.807, 2.05) is 50.4 Å². The molecule has 0 fully saturated rings. The van der Waals surface area contributed by atoms with Crippen LogP contribution in [0, 0.1) is 0 Å². The van der Waals surface area contributed by atoms with Crippen molar-refractivity contribution in [3.63, 3.8) is 0 Å². The van der Waals surface area contributed by atoms with Gasteiger partial charge in [-0.1, -0.05) is 42.5 Å². The van der Waals surface area contributed by atoms with Gasteiger partial charge in [0.25, 0.3) is 0 Å². The Balaban J connectivity index is 2.38. The van der Waals surface area contributed by atoms with Crippen molar-refractivity contribution in [2.75, 3.05) is 20.2 Å². The molecule has 3 heteroatoms. The van der Waals surface area contributed by atoms with E-state index in [2.05, 4.69) is 17.4 Å². The van der Waals surface area contributed by atoms with Crippen molar-refractivity contribution in [3.05, 3.63) is 54.1 Å². The summed E-state index contributed by atoms with van der Waals surface area (Å²) in [6, 6.07) is 16.0. The molecule has 1 unspecified atom stereocenters. The smallest absolute Gasteiger partial charge is 0.127 e. The van der Waals surface area contributed by atoms with Gasteiger partial charge in [0, 0.05) is 12.1 Å². The Labute approximate surface area is 120 Å². The van der Waals surface area contributed by atoms with Crippen molar-refractivity contribution < 1.29 is 9.84 Å². The van der Waals surface area contributed by atoms with Gasteiger partial charge < -0.3 is 15.2 Å². The Morgan fingerprint density at radius 2 is 1.90 bits per heavy atom. The summed E-state index contributed by atoms with van der Waals surface area (Å²) in [6.07, 6.45) is -0.524. The second-order valence-electron chi connectivity index (χ2n) is 4.63. The molecule has 3 nitrogen and oxygen atoms in total. The summed E-state index contributed by atoms with van der Waals surface area (Å²) in [6.45, 7) is 3.09. The van der Waals surface area contributed by atoms with E-state index in [-0.39, 0.29) is 0 Å². The summed E-state index contributed by atoms with van der Waals surface area (Å²) in [7, 11) is 1.82. The molecule has 0 aliphatic rings. The molecule has 106 valence electrons. The summed E-state index contributed by atoms with van der Waals surface area (Å²) in [5.41, 5.74) is 3.03. The highest BCUT2D eigenvalue weighted by Crippen LogP contribution is 2.32. The van der Waals surface area contributed by atoms with Crippen LogP contribution in [0.4, 0.5) is 0 Å². The predicted molar refractivity (Wildman–Crippen MR) is 81.9 cm³/mol. The first kappa shape index (κ1) is 14.6. The van der Waals surface area contributed by atoms with E-state index < -0.39 is 6.10 Å². The minimum Gasteiger partial charge on any atom is -0.493 e. The Kier molecular flexibility index (Phi) is 5.16. The molecule has 1 atom stereocenters. The van der Waals surface area contributed by atoms with Crippen LogP contribution in [-0.4, -0.2) is 25.3 Å². The van der Waals surface area contributed by atoms with Gasteiger partial charge in [-0.25, -0.2) is 0 Å².